The number of halogens is 1. The monoisotopic (exact) mass is 262 g/mol. The lowest BCUT2D eigenvalue weighted by atomic mass is 10.2. The van der Waals surface area contributed by atoms with Gasteiger partial charge in [-0.25, -0.2) is 0 Å². The van der Waals surface area contributed by atoms with Gasteiger partial charge in [-0.05, 0) is 13.8 Å². The first kappa shape index (κ1) is 11.2. The van der Waals surface area contributed by atoms with Crippen LogP contribution in [0.1, 0.15) is 25.6 Å². The van der Waals surface area contributed by atoms with Crippen LogP contribution in [0.3, 0.4) is 0 Å². The van der Waals surface area contributed by atoms with Crippen molar-refractivity contribution in [2.24, 2.45) is 0 Å². The molecular formula is C8H11BrN2O3. The fraction of sp³-hybridized carbons (Fsp3) is 0.625. The van der Waals surface area contributed by atoms with E-state index in [1.54, 1.807) is 20.8 Å². The molecule has 0 saturated carbocycles. The van der Waals surface area contributed by atoms with Crippen LogP contribution in [0.25, 0.3) is 0 Å². The molecule has 0 aliphatic heterocycles. The van der Waals surface area contributed by atoms with Crippen molar-refractivity contribution in [1.29, 1.82) is 0 Å². The smallest absolute Gasteiger partial charge is 0.330 e. The molecule has 1 aromatic heterocycles. The van der Waals surface area contributed by atoms with Gasteiger partial charge in [0.05, 0.1) is 6.61 Å². The Balaban J connectivity index is 2.89. The van der Waals surface area contributed by atoms with E-state index in [0.29, 0.717) is 12.5 Å². The van der Waals surface area contributed by atoms with Crippen LogP contribution >= 0.6 is 15.9 Å². The van der Waals surface area contributed by atoms with E-state index in [-0.39, 0.29) is 5.82 Å². The van der Waals surface area contributed by atoms with E-state index in [2.05, 4.69) is 26.1 Å². The van der Waals surface area contributed by atoms with Gasteiger partial charge < -0.3 is 9.26 Å². The second kappa shape index (κ2) is 4.08. The molecule has 0 aliphatic rings. The zero-order chi connectivity index (χ0) is 10.8. The highest BCUT2D eigenvalue weighted by Crippen LogP contribution is 2.29. The van der Waals surface area contributed by atoms with Crippen LogP contribution in [0.4, 0.5) is 0 Å². The van der Waals surface area contributed by atoms with Gasteiger partial charge in [0.1, 0.15) is 0 Å². The number of hydrogen-bond acceptors (Lipinski definition) is 5. The molecule has 0 N–H and O–H groups in total. The summed E-state index contributed by atoms with van der Waals surface area (Å²) in [6, 6.07) is 0. The molecule has 0 aliphatic carbocycles. The Hall–Kier alpha value is -0.910. The maximum Gasteiger partial charge on any atom is 0.330 e. The Morgan fingerprint density at radius 1 is 1.71 bits per heavy atom. The number of ether oxygens (including phenoxy) is 1. The SMILES string of the molecule is CCOC(=O)[C@@](C)(Br)c1noc(C)n1. The van der Waals surface area contributed by atoms with Gasteiger partial charge in [-0.15, -0.1) is 0 Å². The van der Waals surface area contributed by atoms with Crippen LogP contribution in [0.15, 0.2) is 4.52 Å². The van der Waals surface area contributed by atoms with Gasteiger partial charge in [-0.1, -0.05) is 21.1 Å². The van der Waals surface area contributed by atoms with Gasteiger partial charge in [0.2, 0.25) is 5.89 Å². The summed E-state index contributed by atoms with van der Waals surface area (Å²) >= 11 is 3.21. The maximum absolute atomic E-state index is 11.5. The van der Waals surface area contributed by atoms with E-state index in [4.69, 9.17) is 9.26 Å². The minimum absolute atomic E-state index is 0.272. The lowest BCUT2D eigenvalue weighted by Gasteiger charge is -2.15. The van der Waals surface area contributed by atoms with Crippen molar-refractivity contribution in [3.63, 3.8) is 0 Å². The molecule has 0 spiro atoms. The third kappa shape index (κ3) is 2.12. The maximum atomic E-state index is 11.5. The van der Waals surface area contributed by atoms with E-state index in [1.165, 1.54) is 0 Å². The number of rotatable bonds is 3. The van der Waals surface area contributed by atoms with E-state index in [1.807, 2.05) is 0 Å². The highest BCUT2D eigenvalue weighted by atomic mass is 79.9. The molecular weight excluding hydrogens is 252 g/mol. The number of hydrogen-bond donors (Lipinski definition) is 0. The van der Waals surface area contributed by atoms with Crippen LogP contribution in [-0.4, -0.2) is 22.7 Å². The van der Waals surface area contributed by atoms with Gasteiger partial charge in [0.15, 0.2) is 10.1 Å². The Bertz CT molecular complexity index is 335. The Morgan fingerprint density at radius 2 is 2.36 bits per heavy atom. The summed E-state index contributed by atoms with van der Waals surface area (Å²) in [6.07, 6.45) is 0. The van der Waals surface area contributed by atoms with E-state index in [9.17, 15) is 4.79 Å². The lowest BCUT2D eigenvalue weighted by Crippen LogP contribution is -2.29. The third-order valence-electron chi connectivity index (χ3n) is 1.61. The topological polar surface area (TPSA) is 65.2 Å². The van der Waals surface area contributed by atoms with Crippen LogP contribution in [-0.2, 0) is 13.9 Å². The molecule has 1 aromatic rings. The van der Waals surface area contributed by atoms with Gasteiger partial charge in [0.25, 0.3) is 0 Å². The zero-order valence-electron chi connectivity index (χ0n) is 8.20. The average Bonchev–Trinajstić information content (AvgIpc) is 2.52. The van der Waals surface area contributed by atoms with Crippen molar-refractivity contribution in [2.75, 3.05) is 6.61 Å². The molecule has 78 valence electrons. The highest BCUT2D eigenvalue weighted by Gasteiger charge is 2.38. The van der Waals surface area contributed by atoms with Crippen molar-refractivity contribution in [3.8, 4) is 0 Å². The Morgan fingerprint density at radius 3 is 2.79 bits per heavy atom. The molecule has 1 rings (SSSR count). The molecule has 0 aromatic carbocycles. The van der Waals surface area contributed by atoms with Gasteiger partial charge in [-0.2, -0.15) is 4.98 Å². The predicted octanol–water partition coefficient (Wildman–Crippen LogP) is 1.55. The van der Waals surface area contributed by atoms with Crippen molar-refractivity contribution in [2.45, 2.75) is 25.1 Å². The first-order valence-corrected chi connectivity index (χ1v) is 4.94. The van der Waals surface area contributed by atoms with Crippen molar-refractivity contribution < 1.29 is 14.1 Å². The summed E-state index contributed by atoms with van der Waals surface area (Å²) in [6.45, 7) is 5.33. The molecule has 5 nitrogen and oxygen atoms in total. The first-order chi connectivity index (χ1) is 6.48. The number of aryl methyl sites for hydroxylation is 1. The van der Waals surface area contributed by atoms with Gasteiger partial charge in [0, 0.05) is 6.92 Å². The molecule has 0 radical (unpaired) electrons. The fourth-order valence-corrected chi connectivity index (χ4v) is 1.12. The van der Waals surface area contributed by atoms with Crippen molar-refractivity contribution in [1.82, 2.24) is 10.1 Å². The molecule has 14 heavy (non-hydrogen) atoms. The Labute approximate surface area is 89.9 Å². The second-order valence-corrected chi connectivity index (χ2v) is 4.45. The number of alkyl halides is 1. The normalized spacial score (nSPS) is 14.9. The predicted molar refractivity (Wildman–Crippen MR) is 51.9 cm³/mol. The molecule has 1 atom stereocenters. The van der Waals surface area contributed by atoms with Gasteiger partial charge in [-0.3, -0.25) is 4.79 Å². The molecule has 0 amide bonds. The molecule has 6 heteroatoms. The summed E-state index contributed by atoms with van der Waals surface area (Å²) in [5.74, 6) is 0.254. The van der Waals surface area contributed by atoms with Crippen molar-refractivity contribution >= 4 is 21.9 Å². The molecule has 0 saturated heterocycles. The minimum atomic E-state index is -1.04. The van der Waals surface area contributed by atoms with E-state index >= 15 is 0 Å². The Kier molecular flexibility index (Phi) is 3.25. The number of esters is 1. The molecule has 0 bridgehead atoms. The summed E-state index contributed by atoms with van der Waals surface area (Å²) in [5, 5.41) is 3.66. The van der Waals surface area contributed by atoms with Crippen LogP contribution in [0, 0.1) is 6.92 Å². The van der Waals surface area contributed by atoms with Gasteiger partial charge >= 0.3 is 5.97 Å². The van der Waals surface area contributed by atoms with E-state index < -0.39 is 10.3 Å². The third-order valence-corrected chi connectivity index (χ3v) is 2.28. The lowest BCUT2D eigenvalue weighted by molar-refractivity contribution is -0.145. The number of aromatic nitrogens is 2. The fourth-order valence-electron chi connectivity index (χ4n) is 0.848. The molecule has 0 unspecified atom stereocenters. The first-order valence-electron chi connectivity index (χ1n) is 4.15. The summed E-state index contributed by atoms with van der Waals surface area (Å²) in [5.41, 5.74) is 0. The molecule has 0 fully saturated rings. The minimum Gasteiger partial charge on any atom is -0.465 e. The molecule has 1 heterocycles. The zero-order valence-corrected chi connectivity index (χ0v) is 9.79. The van der Waals surface area contributed by atoms with Crippen LogP contribution in [0.5, 0.6) is 0 Å². The summed E-state index contributed by atoms with van der Waals surface area (Å²) in [4.78, 5) is 15.4. The highest BCUT2D eigenvalue weighted by molar-refractivity contribution is 9.10. The average molecular weight is 263 g/mol. The largest absolute Gasteiger partial charge is 0.465 e. The summed E-state index contributed by atoms with van der Waals surface area (Å²) in [7, 11) is 0. The number of carbonyl (C=O) groups is 1. The standard InChI is InChI=1S/C8H11BrN2O3/c1-4-13-7(12)8(3,9)6-10-5(2)14-11-6/h4H2,1-3H3/t8-/m0/s1. The number of nitrogens with zero attached hydrogens (tertiary/aromatic N) is 2. The van der Waals surface area contributed by atoms with Crippen molar-refractivity contribution in [3.05, 3.63) is 11.7 Å². The van der Waals surface area contributed by atoms with E-state index in [0.717, 1.165) is 0 Å². The number of carbonyl (C=O) groups excluding carboxylic acids is 1. The quantitative estimate of drug-likeness (QED) is 0.611. The van der Waals surface area contributed by atoms with Crippen LogP contribution in [0.2, 0.25) is 0 Å². The van der Waals surface area contributed by atoms with Crippen LogP contribution < -0.4 is 0 Å². The summed E-state index contributed by atoms with van der Waals surface area (Å²) < 4.78 is 8.60. The second-order valence-electron chi connectivity index (χ2n) is 2.86.